The van der Waals surface area contributed by atoms with Crippen LogP contribution in [0.1, 0.15) is 40.5 Å². The predicted octanol–water partition coefficient (Wildman–Crippen LogP) is 2.34. The van der Waals surface area contributed by atoms with Crippen molar-refractivity contribution in [3.05, 3.63) is 0 Å². The Labute approximate surface area is 126 Å². The monoisotopic (exact) mass is 296 g/mol. The number of carbonyl (C=O) groups is 2. The van der Waals surface area contributed by atoms with Crippen molar-refractivity contribution in [3.63, 3.8) is 0 Å². The molecule has 6 nitrogen and oxygen atoms in total. The minimum atomic E-state index is -0.831. The van der Waals surface area contributed by atoms with Crippen molar-refractivity contribution in [3.8, 4) is 6.07 Å². The summed E-state index contributed by atoms with van der Waals surface area (Å²) in [6.07, 6.45) is 0.126. The van der Waals surface area contributed by atoms with Crippen LogP contribution in [-0.2, 0) is 14.3 Å². The van der Waals surface area contributed by atoms with Gasteiger partial charge in [0.15, 0.2) is 0 Å². The first-order valence-corrected chi connectivity index (χ1v) is 7.09. The predicted molar refractivity (Wildman–Crippen MR) is 76.3 cm³/mol. The summed E-state index contributed by atoms with van der Waals surface area (Å²) in [7, 11) is 1.33. The van der Waals surface area contributed by atoms with Gasteiger partial charge in [-0.15, -0.1) is 0 Å². The molecular weight excluding hydrogens is 272 g/mol. The van der Waals surface area contributed by atoms with Crippen LogP contribution in [0, 0.1) is 22.7 Å². The molecule has 1 aliphatic heterocycles. The normalized spacial score (nSPS) is 25.9. The quantitative estimate of drug-likeness (QED) is 0.731. The number of ether oxygens (including phenoxy) is 2. The second kappa shape index (κ2) is 6.33. The third-order valence-corrected chi connectivity index (χ3v) is 3.90. The van der Waals surface area contributed by atoms with Gasteiger partial charge in [-0.1, -0.05) is 6.92 Å². The molecule has 0 aromatic carbocycles. The molecule has 2 unspecified atom stereocenters. The van der Waals surface area contributed by atoms with Gasteiger partial charge < -0.3 is 14.4 Å². The van der Waals surface area contributed by atoms with E-state index in [1.54, 1.807) is 4.90 Å². The van der Waals surface area contributed by atoms with Gasteiger partial charge in [0.05, 0.1) is 25.0 Å². The van der Waals surface area contributed by atoms with Crippen molar-refractivity contribution < 1.29 is 19.1 Å². The summed E-state index contributed by atoms with van der Waals surface area (Å²) in [5.74, 6) is -0.536. The van der Waals surface area contributed by atoms with Crippen molar-refractivity contribution in [2.24, 2.45) is 11.3 Å². The molecule has 118 valence electrons. The van der Waals surface area contributed by atoms with Crippen molar-refractivity contribution in [1.82, 2.24) is 4.90 Å². The summed E-state index contributed by atoms with van der Waals surface area (Å²) in [4.78, 5) is 25.8. The number of methoxy groups -OCH3 is 1. The zero-order valence-electron chi connectivity index (χ0n) is 13.4. The smallest absolute Gasteiger partial charge is 0.410 e. The Morgan fingerprint density at radius 2 is 2.05 bits per heavy atom. The number of amides is 1. The minimum Gasteiger partial charge on any atom is -0.469 e. The Hall–Kier alpha value is -1.77. The molecule has 21 heavy (non-hydrogen) atoms. The second-order valence-electron chi connectivity index (χ2n) is 6.56. The number of nitrogens with zero attached hydrogens (tertiary/aromatic N) is 2. The number of hydrogen-bond donors (Lipinski definition) is 0. The van der Waals surface area contributed by atoms with Gasteiger partial charge in [0.1, 0.15) is 5.60 Å². The zero-order chi connectivity index (χ0) is 16.3. The maximum Gasteiger partial charge on any atom is 0.410 e. The molecule has 0 bridgehead atoms. The highest BCUT2D eigenvalue weighted by molar-refractivity contribution is 5.78. The van der Waals surface area contributed by atoms with Gasteiger partial charge in [-0.3, -0.25) is 4.79 Å². The average Bonchev–Trinajstić information content (AvgIpc) is 2.38. The summed E-state index contributed by atoms with van der Waals surface area (Å²) in [6, 6.07) is 2.07. The first-order chi connectivity index (χ1) is 9.66. The standard InChI is InChI=1S/C15H24N2O4/c1-11-10-17(13(19)21-14(2,3)4)9-7-15(11,6-8-16)12(18)20-5/h11H,6-7,9-10H2,1-5H3. The van der Waals surface area contributed by atoms with Gasteiger partial charge in [0.2, 0.25) is 0 Å². The molecule has 6 heteroatoms. The van der Waals surface area contributed by atoms with E-state index in [2.05, 4.69) is 6.07 Å². The van der Waals surface area contributed by atoms with E-state index in [9.17, 15) is 9.59 Å². The number of rotatable bonds is 2. The van der Waals surface area contributed by atoms with Crippen LogP contribution in [0.4, 0.5) is 4.79 Å². The molecule has 0 spiro atoms. The van der Waals surface area contributed by atoms with Crippen LogP contribution in [0.25, 0.3) is 0 Å². The largest absolute Gasteiger partial charge is 0.469 e. The van der Waals surface area contributed by atoms with Crippen molar-refractivity contribution in [2.45, 2.75) is 46.1 Å². The molecule has 1 amide bonds. The molecule has 0 radical (unpaired) electrons. The van der Waals surface area contributed by atoms with Gasteiger partial charge in [0, 0.05) is 13.1 Å². The number of likely N-dealkylation sites (tertiary alicyclic amines) is 1. The van der Waals surface area contributed by atoms with Crippen LogP contribution in [-0.4, -0.2) is 42.8 Å². The first-order valence-electron chi connectivity index (χ1n) is 7.09. The van der Waals surface area contributed by atoms with Gasteiger partial charge in [0.25, 0.3) is 0 Å². The molecule has 1 aliphatic rings. The van der Waals surface area contributed by atoms with E-state index in [1.165, 1.54) is 7.11 Å². The molecule has 1 fully saturated rings. The summed E-state index contributed by atoms with van der Waals surface area (Å²) < 4.78 is 10.2. The lowest BCUT2D eigenvalue weighted by Gasteiger charge is -2.43. The number of piperidine rings is 1. The Bertz CT molecular complexity index is 450. The van der Waals surface area contributed by atoms with E-state index < -0.39 is 11.0 Å². The molecule has 0 N–H and O–H groups in total. The Kier molecular flexibility index (Phi) is 5.21. The van der Waals surface area contributed by atoms with Crippen molar-refractivity contribution >= 4 is 12.1 Å². The molecular formula is C15H24N2O4. The fourth-order valence-electron chi connectivity index (χ4n) is 2.65. The van der Waals surface area contributed by atoms with E-state index in [4.69, 9.17) is 14.7 Å². The number of hydrogen-bond acceptors (Lipinski definition) is 5. The second-order valence-corrected chi connectivity index (χ2v) is 6.56. The average molecular weight is 296 g/mol. The van der Waals surface area contributed by atoms with Crippen LogP contribution < -0.4 is 0 Å². The van der Waals surface area contributed by atoms with E-state index in [0.29, 0.717) is 19.5 Å². The highest BCUT2D eigenvalue weighted by Gasteiger charge is 2.48. The zero-order valence-corrected chi connectivity index (χ0v) is 13.4. The number of esters is 1. The molecule has 1 rings (SSSR count). The van der Waals surface area contributed by atoms with Crippen LogP contribution in [0.5, 0.6) is 0 Å². The van der Waals surface area contributed by atoms with E-state index in [1.807, 2.05) is 27.7 Å². The lowest BCUT2D eigenvalue weighted by molar-refractivity contribution is -0.159. The van der Waals surface area contributed by atoms with Crippen molar-refractivity contribution in [2.75, 3.05) is 20.2 Å². The fourth-order valence-corrected chi connectivity index (χ4v) is 2.65. The fraction of sp³-hybridized carbons (Fsp3) is 0.800. The Balaban J connectivity index is 2.83. The minimum absolute atomic E-state index is 0.100. The van der Waals surface area contributed by atoms with Gasteiger partial charge in [-0.25, -0.2) is 4.79 Å². The van der Waals surface area contributed by atoms with Crippen LogP contribution in [0.3, 0.4) is 0 Å². The topological polar surface area (TPSA) is 79.6 Å². The van der Waals surface area contributed by atoms with E-state index >= 15 is 0 Å². The highest BCUT2D eigenvalue weighted by Crippen LogP contribution is 2.40. The molecule has 0 aromatic rings. The number of nitriles is 1. The maximum absolute atomic E-state index is 12.1. The van der Waals surface area contributed by atoms with Crippen LogP contribution in [0.2, 0.25) is 0 Å². The third kappa shape index (κ3) is 3.87. The summed E-state index contributed by atoms with van der Waals surface area (Å²) >= 11 is 0. The van der Waals surface area contributed by atoms with E-state index in [-0.39, 0.29) is 24.4 Å². The molecule has 1 saturated heterocycles. The number of carbonyl (C=O) groups excluding carboxylic acids is 2. The third-order valence-electron chi connectivity index (χ3n) is 3.90. The first kappa shape index (κ1) is 17.3. The maximum atomic E-state index is 12.1. The molecule has 0 aromatic heterocycles. The van der Waals surface area contributed by atoms with Gasteiger partial charge in [-0.2, -0.15) is 5.26 Å². The molecule has 2 atom stereocenters. The summed E-state index contributed by atoms with van der Waals surface area (Å²) in [5.41, 5.74) is -1.38. The summed E-state index contributed by atoms with van der Waals surface area (Å²) in [5, 5.41) is 9.01. The summed E-state index contributed by atoms with van der Waals surface area (Å²) in [6.45, 7) is 8.07. The SMILES string of the molecule is COC(=O)C1(CC#N)CCN(C(=O)OC(C)(C)C)CC1C. The van der Waals surface area contributed by atoms with Crippen molar-refractivity contribution in [1.29, 1.82) is 5.26 Å². The van der Waals surface area contributed by atoms with Gasteiger partial charge in [-0.05, 0) is 33.1 Å². The molecule has 0 aliphatic carbocycles. The Morgan fingerprint density at radius 1 is 1.43 bits per heavy atom. The molecule has 0 saturated carbocycles. The Morgan fingerprint density at radius 3 is 2.48 bits per heavy atom. The highest BCUT2D eigenvalue weighted by atomic mass is 16.6. The van der Waals surface area contributed by atoms with Crippen LogP contribution >= 0.6 is 0 Å². The van der Waals surface area contributed by atoms with Crippen LogP contribution in [0.15, 0.2) is 0 Å². The lowest BCUT2D eigenvalue weighted by Crippen LogP contribution is -2.53. The van der Waals surface area contributed by atoms with Gasteiger partial charge >= 0.3 is 12.1 Å². The molecule has 1 heterocycles. The lowest BCUT2D eigenvalue weighted by atomic mass is 9.69. The van der Waals surface area contributed by atoms with E-state index in [0.717, 1.165) is 0 Å².